The molecular formula is C18H14Br2I2O. The van der Waals surface area contributed by atoms with Gasteiger partial charge in [0.25, 0.3) is 0 Å². The van der Waals surface area contributed by atoms with Crippen LogP contribution in [0.3, 0.4) is 0 Å². The first-order valence-corrected chi connectivity index (χ1v) is 10.6. The fourth-order valence-electron chi connectivity index (χ4n) is 1.92. The minimum Gasteiger partial charge on any atom is -0.373 e. The van der Waals surface area contributed by atoms with Crippen molar-refractivity contribution in [2.45, 2.75) is 0 Å². The number of benzene rings is 2. The fourth-order valence-corrected chi connectivity index (χ4v) is 5.18. The van der Waals surface area contributed by atoms with Gasteiger partial charge in [-0.15, -0.1) is 0 Å². The lowest BCUT2D eigenvalue weighted by molar-refractivity contribution is 0.195. The summed E-state index contributed by atoms with van der Waals surface area (Å²) < 4.78 is 10.2. The largest absolute Gasteiger partial charge is 0.373 e. The van der Waals surface area contributed by atoms with Crippen molar-refractivity contribution in [2.24, 2.45) is 0 Å². The van der Waals surface area contributed by atoms with Crippen molar-refractivity contribution in [1.29, 1.82) is 0 Å². The van der Waals surface area contributed by atoms with Crippen molar-refractivity contribution in [3.63, 3.8) is 0 Å². The number of hydrogen-bond acceptors (Lipinski definition) is 1. The van der Waals surface area contributed by atoms with Gasteiger partial charge < -0.3 is 4.74 Å². The Bertz CT molecular complexity index is 625. The first-order valence-electron chi connectivity index (χ1n) is 6.86. The Labute approximate surface area is 181 Å². The molecule has 2 rings (SSSR count). The molecule has 0 radical (unpaired) electrons. The topological polar surface area (TPSA) is 9.23 Å². The third kappa shape index (κ3) is 7.81. The first-order chi connectivity index (χ1) is 11.0. The smallest absolute Gasteiger partial charge is 0.0655 e. The van der Waals surface area contributed by atoms with Crippen molar-refractivity contribution in [1.82, 2.24) is 0 Å². The highest BCUT2D eigenvalue weighted by Gasteiger charge is 1.95. The maximum Gasteiger partial charge on any atom is 0.0655 e. The van der Waals surface area contributed by atoms with Crippen molar-refractivity contribution in [3.05, 3.63) is 75.8 Å². The fraction of sp³-hybridized carbons (Fsp3) is 0.111. The first kappa shape index (κ1) is 19.6. The van der Waals surface area contributed by atoms with E-state index in [1.165, 1.54) is 18.3 Å². The molecule has 0 fully saturated rings. The standard InChI is InChI=1S/C18H14Br2I2O/c19-15-7-13(9-17(21)11-15)3-1-5-23-6-2-4-14-8-16(20)12-18(22)10-14/h1-4,7-12H,5-6H2. The Morgan fingerprint density at radius 2 is 1.17 bits per heavy atom. The summed E-state index contributed by atoms with van der Waals surface area (Å²) in [6.45, 7) is 1.20. The highest BCUT2D eigenvalue weighted by Crippen LogP contribution is 2.19. The normalized spacial score (nSPS) is 11.7. The molecule has 0 aliphatic heterocycles. The van der Waals surface area contributed by atoms with Gasteiger partial charge in [-0.1, -0.05) is 56.2 Å². The van der Waals surface area contributed by atoms with E-state index in [0.29, 0.717) is 13.2 Å². The van der Waals surface area contributed by atoms with Gasteiger partial charge in [-0.2, -0.15) is 0 Å². The number of ether oxygens (including phenoxy) is 1. The van der Waals surface area contributed by atoms with Crippen LogP contribution >= 0.6 is 77.0 Å². The van der Waals surface area contributed by atoms with Crippen LogP contribution in [-0.2, 0) is 4.74 Å². The molecule has 120 valence electrons. The van der Waals surface area contributed by atoms with Crippen LogP contribution in [0.15, 0.2) is 57.5 Å². The number of hydrogen-bond donors (Lipinski definition) is 0. The highest BCUT2D eigenvalue weighted by atomic mass is 127. The van der Waals surface area contributed by atoms with Gasteiger partial charge in [0.1, 0.15) is 0 Å². The summed E-state index contributed by atoms with van der Waals surface area (Å²) in [7, 11) is 0. The molecule has 2 aromatic rings. The Balaban J connectivity index is 1.77. The Hall–Kier alpha value is 0.300. The second-order valence-corrected chi connectivity index (χ2v) is 9.07. The SMILES string of the molecule is Brc1cc(I)cc(C=CCOCC=Cc2cc(Br)cc(I)c2)c1. The average molecular weight is 660 g/mol. The van der Waals surface area contributed by atoms with Gasteiger partial charge in [0.05, 0.1) is 13.2 Å². The Morgan fingerprint density at radius 3 is 1.57 bits per heavy atom. The van der Waals surface area contributed by atoms with Crippen molar-refractivity contribution >= 4 is 89.2 Å². The zero-order valence-corrected chi connectivity index (χ0v) is 19.6. The highest BCUT2D eigenvalue weighted by molar-refractivity contribution is 14.1. The lowest BCUT2D eigenvalue weighted by Crippen LogP contribution is -1.90. The number of rotatable bonds is 6. The Morgan fingerprint density at radius 1 is 0.739 bits per heavy atom. The van der Waals surface area contributed by atoms with E-state index >= 15 is 0 Å². The zero-order valence-electron chi connectivity index (χ0n) is 12.1. The van der Waals surface area contributed by atoms with E-state index in [1.54, 1.807) is 0 Å². The summed E-state index contributed by atoms with van der Waals surface area (Å²) >= 11 is 11.6. The van der Waals surface area contributed by atoms with Crippen LogP contribution in [0, 0.1) is 7.14 Å². The summed E-state index contributed by atoms with van der Waals surface area (Å²) in [6.07, 6.45) is 8.22. The van der Waals surface area contributed by atoms with E-state index in [1.807, 2.05) is 12.2 Å². The van der Waals surface area contributed by atoms with E-state index in [4.69, 9.17) is 4.74 Å². The van der Waals surface area contributed by atoms with E-state index < -0.39 is 0 Å². The van der Waals surface area contributed by atoms with Crippen LogP contribution in [0.5, 0.6) is 0 Å². The van der Waals surface area contributed by atoms with Crippen LogP contribution in [0.25, 0.3) is 12.2 Å². The van der Waals surface area contributed by atoms with E-state index in [-0.39, 0.29) is 0 Å². The Kier molecular flexibility index (Phi) is 8.81. The third-order valence-electron chi connectivity index (χ3n) is 2.82. The summed E-state index contributed by atoms with van der Waals surface area (Å²) in [5.74, 6) is 0. The van der Waals surface area contributed by atoms with Crippen molar-refractivity contribution in [2.75, 3.05) is 13.2 Å². The molecule has 5 heteroatoms. The molecule has 0 saturated heterocycles. The molecule has 1 nitrogen and oxygen atoms in total. The molecule has 0 unspecified atom stereocenters. The van der Waals surface area contributed by atoms with Crippen molar-refractivity contribution in [3.8, 4) is 0 Å². The minimum absolute atomic E-state index is 0.601. The van der Waals surface area contributed by atoms with Gasteiger partial charge in [0.15, 0.2) is 0 Å². The monoisotopic (exact) mass is 658 g/mol. The summed E-state index contributed by atoms with van der Waals surface area (Å²) in [6, 6.07) is 12.6. The molecule has 0 saturated carbocycles. The molecule has 0 aliphatic carbocycles. The van der Waals surface area contributed by atoms with Crippen molar-refractivity contribution < 1.29 is 4.74 Å². The summed E-state index contributed by atoms with van der Waals surface area (Å²) in [5.41, 5.74) is 2.35. The van der Waals surface area contributed by atoms with Gasteiger partial charge in [-0.05, 0) is 92.7 Å². The van der Waals surface area contributed by atoms with Crippen LogP contribution in [0.1, 0.15) is 11.1 Å². The molecule has 0 aromatic heterocycles. The predicted molar refractivity (Wildman–Crippen MR) is 123 cm³/mol. The van der Waals surface area contributed by atoms with Gasteiger partial charge >= 0.3 is 0 Å². The maximum absolute atomic E-state index is 5.60. The zero-order chi connectivity index (χ0) is 16.7. The van der Waals surface area contributed by atoms with E-state index in [2.05, 4.69) is 126 Å². The molecular weight excluding hydrogens is 646 g/mol. The lowest BCUT2D eigenvalue weighted by atomic mass is 10.2. The number of halogens is 4. The molecule has 0 spiro atoms. The van der Waals surface area contributed by atoms with E-state index in [9.17, 15) is 0 Å². The predicted octanol–water partition coefficient (Wildman–Crippen LogP) is 7.16. The summed E-state index contributed by atoms with van der Waals surface area (Å²) in [5, 5.41) is 0. The molecule has 0 heterocycles. The third-order valence-corrected chi connectivity index (χ3v) is 4.98. The van der Waals surface area contributed by atoms with Gasteiger partial charge in [-0.25, -0.2) is 0 Å². The minimum atomic E-state index is 0.601. The maximum atomic E-state index is 5.60. The second kappa shape index (κ2) is 10.3. The van der Waals surface area contributed by atoms with Gasteiger partial charge in [-0.3, -0.25) is 0 Å². The lowest BCUT2D eigenvalue weighted by Gasteiger charge is -1.99. The van der Waals surface area contributed by atoms with Gasteiger partial charge in [0.2, 0.25) is 0 Å². The molecule has 0 N–H and O–H groups in total. The van der Waals surface area contributed by atoms with Gasteiger partial charge in [0, 0.05) is 16.1 Å². The molecule has 2 aromatic carbocycles. The average Bonchev–Trinajstić information content (AvgIpc) is 2.44. The second-order valence-electron chi connectivity index (χ2n) is 4.75. The summed E-state index contributed by atoms with van der Waals surface area (Å²) in [4.78, 5) is 0. The van der Waals surface area contributed by atoms with E-state index in [0.717, 1.165) is 8.95 Å². The van der Waals surface area contributed by atoms with Crippen LogP contribution in [0.4, 0.5) is 0 Å². The van der Waals surface area contributed by atoms with Crippen LogP contribution < -0.4 is 0 Å². The van der Waals surface area contributed by atoms with Crippen LogP contribution in [0.2, 0.25) is 0 Å². The molecule has 0 amide bonds. The quantitative estimate of drug-likeness (QED) is 0.236. The molecule has 0 atom stereocenters. The molecule has 0 aliphatic rings. The van der Waals surface area contributed by atoms with Crippen LogP contribution in [-0.4, -0.2) is 13.2 Å². The molecule has 23 heavy (non-hydrogen) atoms. The molecule has 0 bridgehead atoms.